The molecular formula is C17H23F5N2. The number of hydrogen-bond acceptors (Lipinski definition) is 2. The highest BCUT2D eigenvalue weighted by Crippen LogP contribution is 2.34. The van der Waals surface area contributed by atoms with Crippen LogP contribution >= 0.6 is 0 Å². The van der Waals surface area contributed by atoms with Gasteiger partial charge in [0.15, 0.2) is 0 Å². The molecule has 1 fully saturated rings. The van der Waals surface area contributed by atoms with Crippen molar-refractivity contribution in [2.75, 3.05) is 37.8 Å². The minimum Gasteiger partial charge on any atom is -0.357 e. The number of hydrogen-bond donors (Lipinski definition) is 0. The standard InChI is InChI=1S/C17H23F5N2/c1-11(2)16-12(3)8-13(9-14(16)19)24-7-6-23(5-4-18)10-15(24)17(20,21)22/h8-9,11,15H,4-7,10H2,1-3H3. The minimum absolute atomic E-state index is 0.0138. The van der Waals surface area contributed by atoms with E-state index >= 15 is 0 Å². The average Bonchev–Trinajstić information content (AvgIpc) is 2.45. The zero-order valence-corrected chi connectivity index (χ0v) is 14.1. The third-order valence-electron chi connectivity index (χ3n) is 4.47. The number of piperazine rings is 1. The molecule has 0 spiro atoms. The van der Waals surface area contributed by atoms with Gasteiger partial charge in [0.2, 0.25) is 0 Å². The SMILES string of the molecule is Cc1cc(N2CCN(CCF)CC2C(F)(F)F)cc(F)c1C(C)C. The van der Waals surface area contributed by atoms with Crippen LogP contribution in [0.4, 0.5) is 27.6 Å². The van der Waals surface area contributed by atoms with Crippen molar-refractivity contribution in [1.29, 1.82) is 0 Å². The van der Waals surface area contributed by atoms with Crippen LogP contribution in [0.1, 0.15) is 30.9 Å². The Morgan fingerprint density at radius 3 is 2.38 bits per heavy atom. The van der Waals surface area contributed by atoms with Crippen LogP contribution < -0.4 is 4.90 Å². The van der Waals surface area contributed by atoms with Gasteiger partial charge in [-0.05, 0) is 36.1 Å². The molecule has 136 valence electrons. The average molecular weight is 350 g/mol. The van der Waals surface area contributed by atoms with Crippen LogP contribution in [-0.2, 0) is 0 Å². The monoisotopic (exact) mass is 350 g/mol. The summed E-state index contributed by atoms with van der Waals surface area (Å²) < 4.78 is 67.2. The molecule has 0 amide bonds. The lowest BCUT2D eigenvalue weighted by Gasteiger charge is -2.43. The predicted octanol–water partition coefficient (Wildman–Crippen LogP) is 4.28. The number of alkyl halides is 4. The Balaban J connectivity index is 2.35. The quantitative estimate of drug-likeness (QED) is 0.748. The highest BCUT2D eigenvalue weighted by molar-refractivity contribution is 5.53. The number of benzene rings is 1. The first-order valence-corrected chi connectivity index (χ1v) is 8.06. The number of rotatable bonds is 4. The summed E-state index contributed by atoms with van der Waals surface area (Å²) in [6.45, 7) is 4.82. The second-order valence-corrected chi connectivity index (χ2v) is 6.55. The third kappa shape index (κ3) is 3.99. The molecule has 1 saturated heterocycles. The Hall–Kier alpha value is -1.37. The van der Waals surface area contributed by atoms with Crippen LogP contribution in [-0.4, -0.2) is 50.0 Å². The highest BCUT2D eigenvalue weighted by Gasteiger charge is 2.46. The van der Waals surface area contributed by atoms with Crippen LogP contribution in [0.3, 0.4) is 0 Å². The van der Waals surface area contributed by atoms with Crippen molar-refractivity contribution >= 4 is 5.69 Å². The van der Waals surface area contributed by atoms with Crippen LogP contribution in [0.15, 0.2) is 12.1 Å². The van der Waals surface area contributed by atoms with Crippen molar-refractivity contribution in [2.24, 2.45) is 0 Å². The number of halogens is 5. The Morgan fingerprint density at radius 2 is 1.88 bits per heavy atom. The molecule has 1 aromatic carbocycles. The van der Waals surface area contributed by atoms with E-state index in [0.717, 1.165) is 0 Å². The molecule has 7 heteroatoms. The second kappa shape index (κ2) is 7.25. The molecule has 1 atom stereocenters. The third-order valence-corrected chi connectivity index (χ3v) is 4.47. The largest absolute Gasteiger partial charge is 0.409 e. The Morgan fingerprint density at radius 1 is 1.21 bits per heavy atom. The van der Waals surface area contributed by atoms with Crippen LogP contribution in [0, 0.1) is 12.7 Å². The number of anilines is 1. The van der Waals surface area contributed by atoms with E-state index < -0.39 is 24.7 Å². The first-order valence-electron chi connectivity index (χ1n) is 8.06. The molecule has 24 heavy (non-hydrogen) atoms. The summed E-state index contributed by atoms with van der Waals surface area (Å²) in [4.78, 5) is 2.65. The van der Waals surface area contributed by atoms with Gasteiger partial charge in [0, 0.05) is 31.9 Å². The van der Waals surface area contributed by atoms with Crippen molar-refractivity contribution in [1.82, 2.24) is 4.90 Å². The summed E-state index contributed by atoms with van der Waals surface area (Å²) in [5.41, 5.74) is 1.40. The number of aryl methyl sites for hydroxylation is 1. The molecule has 2 rings (SSSR count). The molecule has 1 heterocycles. The number of nitrogens with zero attached hydrogens (tertiary/aromatic N) is 2. The molecule has 1 unspecified atom stereocenters. The predicted molar refractivity (Wildman–Crippen MR) is 84.8 cm³/mol. The van der Waals surface area contributed by atoms with Gasteiger partial charge in [-0.1, -0.05) is 13.8 Å². The zero-order chi connectivity index (χ0) is 18.1. The maximum absolute atomic E-state index is 14.4. The van der Waals surface area contributed by atoms with E-state index in [2.05, 4.69) is 0 Å². The highest BCUT2D eigenvalue weighted by atomic mass is 19.4. The van der Waals surface area contributed by atoms with Gasteiger partial charge in [-0.3, -0.25) is 4.90 Å². The van der Waals surface area contributed by atoms with E-state index in [1.807, 2.05) is 13.8 Å². The van der Waals surface area contributed by atoms with Crippen LogP contribution in [0.25, 0.3) is 0 Å². The van der Waals surface area contributed by atoms with Crippen LogP contribution in [0.2, 0.25) is 0 Å². The lowest BCUT2D eigenvalue weighted by molar-refractivity contribution is -0.156. The molecule has 0 saturated carbocycles. The van der Waals surface area contributed by atoms with Gasteiger partial charge in [0.05, 0.1) is 0 Å². The second-order valence-electron chi connectivity index (χ2n) is 6.55. The topological polar surface area (TPSA) is 6.48 Å². The summed E-state index contributed by atoms with van der Waals surface area (Å²) >= 11 is 0. The lowest BCUT2D eigenvalue weighted by atomic mass is 9.96. The summed E-state index contributed by atoms with van der Waals surface area (Å²) in [7, 11) is 0. The molecule has 2 nitrogen and oxygen atoms in total. The lowest BCUT2D eigenvalue weighted by Crippen LogP contribution is -2.59. The minimum atomic E-state index is -4.46. The van der Waals surface area contributed by atoms with E-state index in [1.54, 1.807) is 13.0 Å². The zero-order valence-electron chi connectivity index (χ0n) is 14.1. The smallest absolute Gasteiger partial charge is 0.357 e. The van der Waals surface area contributed by atoms with E-state index in [9.17, 15) is 22.0 Å². The van der Waals surface area contributed by atoms with Crippen molar-refractivity contribution in [3.63, 3.8) is 0 Å². The van der Waals surface area contributed by atoms with E-state index in [0.29, 0.717) is 17.7 Å². The van der Waals surface area contributed by atoms with Gasteiger partial charge in [-0.25, -0.2) is 8.78 Å². The van der Waals surface area contributed by atoms with Gasteiger partial charge in [0.25, 0.3) is 0 Å². The van der Waals surface area contributed by atoms with Crippen molar-refractivity contribution in [2.45, 2.75) is 38.9 Å². The maximum Gasteiger partial charge on any atom is 0.409 e. The first-order chi connectivity index (χ1) is 11.1. The molecule has 1 aliphatic rings. The first kappa shape index (κ1) is 19.0. The van der Waals surface area contributed by atoms with Crippen molar-refractivity contribution in [3.05, 3.63) is 29.1 Å². The van der Waals surface area contributed by atoms with Gasteiger partial charge in [0.1, 0.15) is 18.5 Å². The van der Waals surface area contributed by atoms with Gasteiger partial charge in [-0.2, -0.15) is 13.2 Å². The Kier molecular flexibility index (Phi) is 5.73. The normalized spacial score (nSPS) is 20.0. The van der Waals surface area contributed by atoms with E-state index in [1.165, 1.54) is 15.9 Å². The molecule has 1 aromatic rings. The summed E-state index contributed by atoms with van der Waals surface area (Å²) in [5, 5.41) is 0. The molecule has 0 aliphatic carbocycles. The molecular weight excluding hydrogens is 327 g/mol. The van der Waals surface area contributed by atoms with Gasteiger partial charge < -0.3 is 4.90 Å². The fraction of sp³-hybridized carbons (Fsp3) is 0.647. The summed E-state index contributed by atoms with van der Waals surface area (Å²) in [6.07, 6.45) is -4.46. The van der Waals surface area contributed by atoms with Crippen molar-refractivity contribution < 1.29 is 22.0 Å². The molecule has 0 N–H and O–H groups in total. The van der Waals surface area contributed by atoms with Gasteiger partial charge >= 0.3 is 6.18 Å². The van der Waals surface area contributed by atoms with E-state index in [4.69, 9.17) is 0 Å². The Bertz CT molecular complexity index is 548. The summed E-state index contributed by atoms with van der Waals surface area (Å²) in [5.74, 6) is -0.522. The molecule has 0 aromatic heterocycles. The summed E-state index contributed by atoms with van der Waals surface area (Å²) in [6, 6.07) is 1.04. The van der Waals surface area contributed by atoms with E-state index in [-0.39, 0.29) is 31.2 Å². The maximum atomic E-state index is 14.4. The molecule has 1 aliphatic heterocycles. The Labute approximate surface area is 139 Å². The fourth-order valence-corrected chi connectivity index (χ4v) is 3.39. The van der Waals surface area contributed by atoms with Gasteiger partial charge in [-0.15, -0.1) is 0 Å². The fourth-order valence-electron chi connectivity index (χ4n) is 3.39. The molecule has 0 radical (unpaired) electrons. The molecule has 0 bridgehead atoms. The van der Waals surface area contributed by atoms with Crippen molar-refractivity contribution in [3.8, 4) is 0 Å². The van der Waals surface area contributed by atoms with Crippen LogP contribution in [0.5, 0.6) is 0 Å².